The van der Waals surface area contributed by atoms with Gasteiger partial charge in [-0.2, -0.15) is 11.8 Å². The monoisotopic (exact) mass is 266 g/mol. The minimum atomic E-state index is 0.0536. The summed E-state index contributed by atoms with van der Waals surface area (Å²) in [5, 5.41) is 2.95. The van der Waals surface area contributed by atoms with E-state index in [9.17, 15) is 4.79 Å². The van der Waals surface area contributed by atoms with Crippen LogP contribution in [0, 0.1) is 19.8 Å². The third-order valence-corrected chi connectivity index (χ3v) is 3.98. The molecule has 4 heteroatoms. The molecule has 1 aromatic carbocycles. The molecule has 0 radical (unpaired) electrons. The molecule has 3 N–H and O–H groups in total. The molecule has 0 fully saturated rings. The molecule has 18 heavy (non-hydrogen) atoms. The molecule has 0 saturated heterocycles. The summed E-state index contributed by atoms with van der Waals surface area (Å²) in [4.78, 5) is 11.8. The molecule has 1 unspecified atom stereocenters. The molecule has 1 atom stereocenters. The van der Waals surface area contributed by atoms with Crippen LogP contribution >= 0.6 is 11.8 Å². The first-order valence-corrected chi connectivity index (χ1v) is 7.33. The largest absolute Gasteiger partial charge is 0.330 e. The number of carbonyl (C=O) groups excluding carboxylic acids is 1. The van der Waals surface area contributed by atoms with Crippen molar-refractivity contribution in [3.8, 4) is 0 Å². The van der Waals surface area contributed by atoms with Crippen LogP contribution in [-0.2, 0) is 4.79 Å². The average molecular weight is 266 g/mol. The standard InChI is InChI=1S/C14H22N2OS/c1-10-4-5-12(3)13(6-10)16-14(17)9-18-8-11(2)7-15/h4-6,11H,7-9,15H2,1-3H3,(H,16,17). The minimum Gasteiger partial charge on any atom is -0.330 e. The summed E-state index contributed by atoms with van der Waals surface area (Å²) in [5.74, 6) is 1.93. The van der Waals surface area contributed by atoms with Crippen LogP contribution in [0.5, 0.6) is 0 Å². The SMILES string of the molecule is Cc1ccc(C)c(NC(=O)CSCC(C)CN)c1. The second-order valence-corrected chi connectivity index (χ2v) is 5.75. The van der Waals surface area contributed by atoms with E-state index in [1.807, 2.05) is 32.0 Å². The maximum Gasteiger partial charge on any atom is 0.234 e. The number of rotatable bonds is 6. The molecule has 0 spiro atoms. The molecule has 0 saturated carbocycles. The number of carbonyl (C=O) groups is 1. The van der Waals surface area contributed by atoms with Gasteiger partial charge in [0.05, 0.1) is 5.75 Å². The van der Waals surface area contributed by atoms with Crippen molar-refractivity contribution in [2.75, 3.05) is 23.4 Å². The van der Waals surface area contributed by atoms with Gasteiger partial charge in [0.15, 0.2) is 0 Å². The summed E-state index contributed by atoms with van der Waals surface area (Å²) in [7, 11) is 0. The molecule has 0 heterocycles. The number of aryl methyl sites for hydroxylation is 2. The second-order valence-electron chi connectivity index (χ2n) is 4.72. The highest BCUT2D eigenvalue weighted by Gasteiger charge is 2.06. The number of nitrogens with two attached hydrogens (primary N) is 1. The zero-order valence-corrected chi connectivity index (χ0v) is 12.1. The van der Waals surface area contributed by atoms with Crippen molar-refractivity contribution in [2.24, 2.45) is 11.7 Å². The number of anilines is 1. The molecule has 0 aliphatic carbocycles. The summed E-state index contributed by atoms with van der Waals surface area (Å²) < 4.78 is 0. The summed E-state index contributed by atoms with van der Waals surface area (Å²) in [5.41, 5.74) is 8.69. The van der Waals surface area contributed by atoms with Crippen LogP contribution in [0.4, 0.5) is 5.69 Å². The van der Waals surface area contributed by atoms with Gasteiger partial charge in [-0.1, -0.05) is 19.1 Å². The summed E-state index contributed by atoms with van der Waals surface area (Å²) >= 11 is 1.63. The fourth-order valence-corrected chi connectivity index (χ4v) is 2.39. The van der Waals surface area contributed by atoms with Gasteiger partial charge in [0.25, 0.3) is 0 Å². The number of hydrogen-bond donors (Lipinski definition) is 2. The molecule has 3 nitrogen and oxygen atoms in total. The maximum atomic E-state index is 11.8. The number of nitrogens with one attached hydrogen (secondary N) is 1. The number of hydrogen-bond acceptors (Lipinski definition) is 3. The van der Waals surface area contributed by atoms with Gasteiger partial charge in [0.1, 0.15) is 0 Å². The van der Waals surface area contributed by atoms with E-state index in [0.717, 1.165) is 22.6 Å². The van der Waals surface area contributed by atoms with Crippen LogP contribution < -0.4 is 11.1 Å². The molecule has 0 bridgehead atoms. The van der Waals surface area contributed by atoms with E-state index in [1.165, 1.54) is 0 Å². The average Bonchev–Trinajstić information content (AvgIpc) is 2.33. The quantitative estimate of drug-likeness (QED) is 0.832. The van der Waals surface area contributed by atoms with Gasteiger partial charge >= 0.3 is 0 Å². The second kappa shape index (κ2) is 7.44. The fraction of sp³-hybridized carbons (Fsp3) is 0.500. The number of benzene rings is 1. The lowest BCUT2D eigenvalue weighted by Gasteiger charge is -2.10. The van der Waals surface area contributed by atoms with Crippen LogP contribution in [0.3, 0.4) is 0 Å². The van der Waals surface area contributed by atoms with Gasteiger partial charge in [0, 0.05) is 5.69 Å². The minimum absolute atomic E-state index is 0.0536. The van der Waals surface area contributed by atoms with E-state index >= 15 is 0 Å². The molecule has 1 amide bonds. The molecule has 1 rings (SSSR count). The Balaban J connectivity index is 2.42. The predicted octanol–water partition coefficient (Wildman–Crippen LogP) is 2.57. The first-order valence-electron chi connectivity index (χ1n) is 6.18. The number of amides is 1. The van der Waals surface area contributed by atoms with Crippen LogP contribution in [-0.4, -0.2) is 24.0 Å². The van der Waals surface area contributed by atoms with Crippen molar-refractivity contribution >= 4 is 23.4 Å². The van der Waals surface area contributed by atoms with Crippen LogP contribution in [0.1, 0.15) is 18.1 Å². The normalized spacial score (nSPS) is 12.2. The first-order chi connectivity index (χ1) is 8.52. The van der Waals surface area contributed by atoms with E-state index in [0.29, 0.717) is 18.2 Å². The number of thioether (sulfide) groups is 1. The predicted molar refractivity (Wildman–Crippen MR) is 80.1 cm³/mol. The lowest BCUT2D eigenvalue weighted by atomic mass is 10.1. The molecule has 0 aromatic heterocycles. The van der Waals surface area contributed by atoms with Crippen molar-refractivity contribution in [3.05, 3.63) is 29.3 Å². The Bertz CT molecular complexity index is 407. The van der Waals surface area contributed by atoms with Gasteiger partial charge in [-0.15, -0.1) is 0 Å². The Labute approximate surface area is 114 Å². The Morgan fingerprint density at radius 3 is 2.83 bits per heavy atom. The molecule has 0 aliphatic rings. The van der Waals surface area contributed by atoms with Gasteiger partial charge in [-0.25, -0.2) is 0 Å². The molecule has 1 aromatic rings. The van der Waals surface area contributed by atoms with Gasteiger partial charge < -0.3 is 11.1 Å². The summed E-state index contributed by atoms with van der Waals surface area (Å²) in [6.07, 6.45) is 0. The lowest BCUT2D eigenvalue weighted by Crippen LogP contribution is -2.18. The van der Waals surface area contributed by atoms with E-state index < -0.39 is 0 Å². The third-order valence-electron chi connectivity index (χ3n) is 2.71. The van der Waals surface area contributed by atoms with Gasteiger partial charge in [0.2, 0.25) is 5.91 Å². The Morgan fingerprint density at radius 1 is 1.44 bits per heavy atom. The van der Waals surface area contributed by atoms with Crippen LogP contribution in [0.25, 0.3) is 0 Å². The van der Waals surface area contributed by atoms with Crippen LogP contribution in [0.2, 0.25) is 0 Å². The Hall–Kier alpha value is -1.00. The van der Waals surface area contributed by atoms with Gasteiger partial charge in [-0.3, -0.25) is 4.79 Å². The maximum absolute atomic E-state index is 11.8. The Morgan fingerprint density at radius 2 is 2.17 bits per heavy atom. The zero-order chi connectivity index (χ0) is 13.5. The molecular formula is C14H22N2OS. The lowest BCUT2D eigenvalue weighted by molar-refractivity contribution is -0.113. The zero-order valence-electron chi connectivity index (χ0n) is 11.3. The highest BCUT2D eigenvalue weighted by Crippen LogP contribution is 2.17. The van der Waals surface area contributed by atoms with Crippen molar-refractivity contribution < 1.29 is 4.79 Å². The Kier molecular flexibility index (Phi) is 6.22. The summed E-state index contributed by atoms with van der Waals surface area (Å²) in [6.45, 7) is 6.78. The van der Waals surface area contributed by atoms with Crippen molar-refractivity contribution in [1.29, 1.82) is 0 Å². The first kappa shape index (κ1) is 15.1. The van der Waals surface area contributed by atoms with Crippen molar-refractivity contribution in [1.82, 2.24) is 0 Å². The third kappa shape index (κ3) is 5.10. The fourth-order valence-electron chi connectivity index (χ4n) is 1.48. The highest BCUT2D eigenvalue weighted by atomic mass is 32.2. The topological polar surface area (TPSA) is 55.1 Å². The van der Waals surface area contributed by atoms with Crippen molar-refractivity contribution in [2.45, 2.75) is 20.8 Å². The molecule has 100 valence electrons. The molecular weight excluding hydrogens is 244 g/mol. The van der Waals surface area contributed by atoms with E-state index in [4.69, 9.17) is 5.73 Å². The summed E-state index contributed by atoms with van der Waals surface area (Å²) in [6, 6.07) is 6.07. The highest BCUT2D eigenvalue weighted by molar-refractivity contribution is 7.99. The molecule has 0 aliphatic heterocycles. The smallest absolute Gasteiger partial charge is 0.234 e. The van der Waals surface area contributed by atoms with Crippen LogP contribution in [0.15, 0.2) is 18.2 Å². The van der Waals surface area contributed by atoms with E-state index in [1.54, 1.807) is 11.8 Å². The van der Waals surface area contributed by atoms with Gasteiger partial charge in [-0.05, 0) is 49.3 Å². The van der Waals surface area contributed by atoms with E-state index in [2.05, 4.69) is 12.2 Å². The van der Waals surface area contributed by atoms with Crippen molar-refractivity contribution in [3.63, 3.8) is 0 Å². The van der Waals surface area contributed by atoms with E-state index in [-0.39, 0.29) is 5.91 Å².